The van der Waals surface area contributed by atoms with Crippen LogP contribution in [0.2, 0.25) is 5.02 Å². The van der Waals surface area contributed by atoms with E-state index in [-0.39, 0.29) is 18.6 Å². The SMILES string of the molecule is CCC(C)(C)c1ccc(OCC(=O)NNC(=O)COc2ccc(Cl)cc2C)cc1. The van der Waals surface area contributed by atoms with Crippen LogP contribution >= 0.6 is 11.6 Å². The number of benzene rings is 2. The van der Waals surface area contributed by atoms with Crippen LogP contribution in [-0.4, -0.2) is 25.0 Å². The Labute approximate surface area is 176 Å². The van der Waals surface area contributed by atoms with Crippen molar-refractivity contribution < 1.29 is 19.1 Å². The zero-order valence-electron chi connectivity index (χ0n) is 17.2. The number of nitrogens with one attached hydrogen (secondary N) is 2. The number of carbonyl (C=O) groups is 2. The molecule has 0 fully saturated rings. The van der Waals surface area contributed by atoms with E-state index in [0.29, 0.717) is 16.5 Å². The van der Waals surface area contributed by atoms with Crippen molar-refractivity contribution in [2.45, 2.75) is 39.5 Å². The van der Waals surface area contributed by atoms with E-state index in [1.165, 1.54) is 5.56 Å². The zero-order chi connectivity index (χ0) is 21.4. The molecule has 2 amide bonds. The number of hydrazine groups is 1. The quantitative estimate of drug-likeness (QED) is 0.636. The maximum absolute atomic E-state index is 11.9. The molecule has 7 heteroatoms. The van der Waals surface area contributed by atoms with Gasteiger partial charge >= 0.3 is 0 Å². The van der Waals surface area contributed by atoms with Gasteiger partial charge in [-0.3, -0.25) is 20.4 Å². The normalized spacial score (nSPS) is 10.9. The predicted octanol–water partition coefficient (Wildman–Crippen LogP) is 3.94. The van der Waals surface area contributed by atoms with E-state index < -0.39 is 11.8 Å². The standard InChI is InChI=1S/C22H27ClN2O4/c1-5-22(3,4)16-6-9-18(10-7-16)28-13-20(26)24-25-21(27)14-29-19-11-8-17(23)12-15(19)2/h6-12H,5,13-14H2,1-4H3,(H,24,26)(H,25,27). The van der Waals surface area contributed by atoms with Gasteiger partial charge in [0.15, 0.2) is 13.2 Å². The van der Waals surface area contributed by atoms with Crippen molar-refractivity contribution in [3.05, 3.63) is 58.6 Å². The van der Waals surface area contributed by atoms with E-state index in [2.05, 4.69) is 31.6 Å². The highest BCUT2D eigenvalue weighted by molar-refractivity contribution is 6.30. The van der Waals surface area contributed by atoms with E-state index in [1.807, 2.05) is 31.2 Å². The average molecular weight is 419 g/mol. The lowest BCUT2D eigenvalue weighted by molar-refractivity contribution is -0.131. The van der Waals surface area contributed by atoms with Crippen LogP contribution in [-0.2, 0) is 15.0 Å². The van der Waals surface area contributed by atoms with Gasteiger partial charge in [-0.15, -0.1) is 0 Å². The second-order valence-corrected chi connectivity index (χ2v) is 7.78. The number of aryl methyl sites for hydroxylation is 1. The highest BCUT2D eigenvalue weighted by atomic mass is 35.5. The van der Waals surface area contributed by atoms with Crippen LogP contribution in [0.3, 0.4) is 0 Å². The molecule has 6 nitrogen and oxygen atoms in total. The molecule has 0 unspecified atom stereocenters. The van der Waals surface area contributed by atoms with Gasteiger partial charge in [0.2, 0.25) is 0 Å². The summed E-state index contributed by atoms with van der Waals surface area (Å²) >= 11 is 5.88. The van der Waals surface area contributed by atoms with Crippen molar-refractivity contribution in [3.8, 4) is 11.5 Å². The molecule has 0 spiro atoms. The first-order chi connectivity index (χ1) is 13.7. The van der Waals surface area contributed by atoms with Crippen LogP contribution < -0.4 is 20.3 Å². The second kappa shape index (κ2) is 10.2. The van der Waals surface area contributed by atoms with Crippen molar-refractivity contribution in [1.82, 2.24) is 10.9 Å². The first-order valence-electron chi connectivity index (χ1n) is 9.41. The van der Waals surface area contributed by atoms with E-state index >= 15 is 0 Å². The fourth-order valence-electron chi connectivity index (χ4n) is 2.49. The summed E-state index contributed by atoms with van der Waals surface area (Å²) in [5, 5.41) is 0.593. The topological polar surface area (TPSA) is 76.7 Å². The molecule has 0 aliphatic carbocycles. The summed E-state index contributed by atoms with van der Waals surface area (Å²) in [6.45, 7) is 7.87. The minimum Gasteiger partial charge on any atom is -0.484 e. The third kappa shape index (κ3) is 6.98. The van der Waals surface area contributed by atoms with Gasteiger partial charge in [-0.05, 0) is 60.2 Å². The largest absolute Gasteiger partial charge is 0.484 e. The molecule has 0 saturated heterocycles. The molecule has 0 radical (unpaired) electrons. The summed E-state index contributed by atoms with van der Waals surface area (Å²) in [4.78, 5) is 23.7. The maximum atomic E-state index is 11.9. The molecule has 156 valence electrons. The third-order valence-corrected chi connectivity index (χ3v) is 4.96. The molecular formula is C22H27ClN2O4. The van der Waals surface area contributed by atoms with E-state index in [9.17, 15) is 9.59 Å². The Hall–Kier alpha value is -2.73. The lowest BCUT2D eigenvalue weighted by Crippen LogP contribution is -2.45. The van der Waals surface area contributed by atoms with Gasteiger partial charge in [0, 0.05) is 5.02 Å². The van der Waals surface area contributed by atoms with Crippen molar-refractivity contribution in [2.75, 3.05) is 13.2 Å². The van der Waals surface area contributed by atoms with Crippen LogP contribution in [0.15, 0.2) is 42.5 Å². The van der Waals surface area contributed by atoms with Gasteiger partial charge in [-0.25, -0.2) is 0 Å². The van der Waals surface area contributed by atoms with E-state index in [0.717, 1.165) is 12.0 Å². The number of halogens is 1. The Kier molecular flexibility index (Phi) is 7.91. The molecule has 2 N–H and O–H groups in total. The van der Waals surface area contributed by atoms with E-state index in [4.69, 9.17) is 21.1 Å². The maximum Gasteiger partial charge on any atom is 0.276 e. The Morgan fingerprint density at radius 2 is 1.55 bits per heavy atom. The second-order valence-electron chi connectivity index (χ2n) is 7.35. The summed E-state index contributed by atoms with van der Waals surface area (Å²) in [5.74, 6) is 0.176. The third-order valence-electron chi connectivity index (χ3n) is 4.73. The predicted molar refractivity (Wildman–Crippen MR) is 113 cm³/mol. The fraction of sp³-hybridized carbons (Fsp3) is 0.364. The molecule has 0 aliphatic rings. The smallest absolute Gasteiger partial charge is 0.276 e. The fourth-order valence-corrected chi connectivity index (χ4v) is 2.71. The molecular weight excluding hydrogens is 392 g/mol. The first kappa shape index (κ1) is 22.6. The number of ether oxygens (including phenoxy) is 2. The van der Waals surface area contributed by atoms with Crippen molar-refractivity contribution in [1.29, 1.82) is 0 Å². The summed E-state index contributed by atoms with van der Waals surface area (Å²) < 4.78 is 10.9. The van der Waals surface area contributed by atoms with Gasteiger partial charge in [-0.2, -0.15) is 0 Å². The first-order valence-corrected chi connectivity index (χ1v) is 9.79. The molecule has 0 bridgehead atoms. The lowest BCUT2D eigenvalue weighted by Gasteiger charge is -2.23. The highest BCUT2D eigenvalue weighted by Gasteiger charge is 2.17. The molecule has 2 aromatic rings. The summed E-state index contributed by atoms with van der Waals surface area (Å²) in [7, 11) is 0. The molecule has 0 atom stereocenters. The van der Waals surface area contributed by atoms with Gasteiger partial charge < -0.3 is 9.47 Å². The van der Waals surface area contributed by atoms with Gasteiger partial charge in [0.1, 0.15) is 11.5 Å². The van der Waals surface area contributed by atoms with Gasteiger partial charge in [-0.1, -0.05) is 44.5 Å². The summed E-state index contributed by atoms with van der Waals surface area (Å²) in [5.41, 5.74) is 6.69. The minimum absolute atomic E-state index is 0.0901. The van der Waals surface area contributed by atoms with Crippen molar-refractivity contribution in [3.63, 3.8) is 0 Å². The van der Waals surface area contributed by atoms with Crippen molar-refractivity contribution >= 4 is 23.4 Å². The summed E-state index contributed by atoms with van der Waals surface area (Å²) in [6, 6.07) is 12.8. The zero-order valence-corrected chi connectivity index (χ0v) is 17.9. The Bertz CT molecular complexity index is 850. The number of hydrogen-bond donors (Lipinski definition) is 2. The molecule has 0 aromatic heterocycles. The van der Waals surface area contributed by atoms with Crippen LogP contribution in [0.1, 0.15) is 38.3 Å². The van der Waals surface area contributed by atoms with Gasteiger partial charge in [0.25, 0.3) is 11.8 Å². The monoisotopic (exact) mass is 418 g/mol. The van der Waals surface area contributed by atoms with Crippen molar-refractivity contribution in [2.24, 2.45) is 0 Å². The number of hydrogen-bond acceptors (Lipinski definition) is 4. The molecule has 29 heavy (non-hydrogen) atoms. The Morgan fingerprint density at radius 3 is 2.10 bits per heavy atom. The Morgan fingerprint density at radius 1 is 0.966 bits per heavy atom. The van der Waals surface area contributed by atoms with Crippen LogP contribution in [0.25, 0.3) is 0 Å². The minimum atomic E-state index is -0.487. The lowest BCUT2D eigenvalue weighted by atomic mass is 9.82. The molecule has 2 aromatic carbocycles. The van der Waals surface area contributed by atoms with Crippen LogP contribution in [0, 0.1) is 6.92 Å². The highest BCUT2D eigenvalue weighted by Crippen LogP contribution is 2.28. The van der Waals surface area contributed by atoms with Gasteiger partial charge in [0.05, 0.1) is 0 Å². The molecule has 0 saturated carbocycles. The number of amides is 2. The molecule has 0 heterocycles. The number of carbonyl (C=O) groups excluding carboxylic acids is 2. The number of rotatable bonds is 8. The molecule has 0 aliphatic heterocycles. The molecule has 2 rings (SSSR count). The average Bonchev–Trinajstić information content (AvgIpc) is 2.70. The van der Waals surface area contributed by atoms with E-state index in [1.54, 1.807) is 18.2 Å². The van der Waals surface area contributed by atoms with Crippen LogP contribution in [0.5, 0.6) is 11.5 Å². The Balaban J connectivity index is 1.72. The van der Waals surface area contributed by atoms with Crippen LogP contribution in [0.4, 0.5) is 0 Å². The summed E-state index contributed by atoms with van der Waals surface area (Å²) in [6.07, 6.45) is 1.02.